The highest BCUT2D eigenvalue weighted by Gasteiger charge is 2.17. The van der Waals surface area contributed by atoms with Gasteiger partial charge in [-0.3, -0.25) is 0 Å². The molecule has 10 rings (SSSR count). The first-order chi connectivity index (χ1) is 24.7. The molecular formula is C45H27N3OS. The predicted molar refractivity (Wildman–Crippen MR) is 207 cm³/mol. The van der Waals surface area contributed by atoms with Gasteiger partial charge in [0.1, 0.15) is 11.2 Å². The van der Waals surface area contributed by atoms with E-state index in [9.17, 15) is 0 Å². The van der Waals surface area contributed by atoms with Gasteiger partial charge in [0.05, 0.1) is 0 Å². The first-order valence-electron chi connectivity index (χ1n) is 16.6. The second-order valence-corrected chi connectivity index (χ2v) is 13.5. The molecule has 0 unspecified atom stereocenters. The Morgan fingerprint density at radius 3 is 1.78 bits per heavy atom. The van der Waals surface area contributed by atoms with E-state index in [1.165, 1.54) is 42.4 Å². The Balaban J connectivity index is 1.11. The number of nitrogens with zero attached hydrogens (tertiary/aromatic N) is 3. The molecule has 3 heterocycles. The van der Waals surface area contributed by atoms with Gasteiger partial charge in [-0.2, -0.15) is 0 Å². The van der Waals surface area contributed by atoms with Crippen LogP contribution >= 0.6 is 11.3 Å². The quantitative estimate of drug-likeness (QED) is 0.185. The maximum absolute atomic E-state index is 6.23. The number of rotatable bonds is 5. The van der Waals surface area contributed by atoms with Crippen LogP contribution in [0.15, 0.2) is 168 Å². The highest BCUT2D eigenvalue weighted by atomic mass is 32.1. The van der Waals surface area contributed by atoms with Crippen LogP contribution in [-0.2, 0) is 0 Å². The number of para-hydroxylation sites is 1. The SMILES string of the molecule is c1ccc(-c2cccc(-c3cccc4c3sc3ccc(-c5nc(-c6ccccc6)nc(-c6ccc7c(c6)oc6ccccc67)n5)cc34)c2)cc1. The molecule has 7 aromatic carbocycles. The van der Waals surface area contributed by atoms with E-state index in [0.717, 1.165) is 38.6 Å². The van der Waals surface area contributed by atoms with Crippen molar-refractivity contribution >= 4 is 53.4 Å². The van der Waals surface area contributed by atoms with E-state index in [-0.39, 0.29) is 0 Å². The van der Waals surface area contributed by atoms with Crippen LogP contribution in [0.4, 0.5) is 0 Å². The fourth-order valence-electron chi connectivity index (χ4n) is 6.88. The van der Waals surface area contributed by atoms with E-state index < -0.39 is 0 Å². The Hall–Kier alpha value is -6.43. The monoisotopic (exact) mass is 657 g/mol. The maximum Gasteiger partial charge on any atom is 0.164 e. The first-order valence-corrected chi connectivity index (χ1v) is 17.4. The van der Waals surface area contributed by atoms with E-state index in [4.69, 9.17) is 19.4 Å². The molecular weight excluding hydrogens is 631 g/mol. The summed E-state index contributed by atoms with van der Waals surface area (Å²) < 4.78 is 8.72. The predicted octanol–water partition coefficient (Wildman–Crippen LogP) is 12.5. The summed E-state index contributed by atoms with van der Waals surface area (Å²) in [5.41, 5.74) is 9.30. The molecule has 0 spiro atoms. The number of aromatic nitrogens is 3. The van der Waals surface area contributed by atoms with Crippen molar-refractivity contribution in [3.63, 3.8) is 0 Å². The molecule has 0 bridgehead atoms. The van der Waals surface area contributed by atoms with Gasteiger partial charge in [-0.25, -0.2) is 15.0 Å². The van der Waals surface area contributed by atoms with Crippen molar-refractivity contribution in [2.24, 2.45) is 0 Å². The fraction of sp³-hybridized carbons (Fsp3) is 0. The maximum atomic E-state index is 6.23. The minimum Gasteiger partial charge on any atom is -0.456 e. The van der Waals surface area contributed by atoms with Crippen molar-refractivity contribution < 1.29 is 4.42 Å². The van der Waals surface area contributed by atoms with Gasteiger partial charge in [0.25, 0.3) is 0 Å². The molecule has 3 aromatic heterocycles. The van der Waals surface area contributed by atoms with Crippen LogP contribution < -0.4 is 0 Å². The van der Waals surface area contributed by atoms with Gasteiger partial charge < -0.3 is 4.42 Å². The molecule has 0 atom stereocenters. The zero-order chi connectivity index (χ0) is 33.0. The Labute approximate surface area is 292 Å². The number of furan rings is 1. The second kappa shape index (κ2) is 11.6. The third kappa shape index (κ3) is 4.87. The van der Waals surface area contributed by atoms with E-state index in [1.807, 2.05) is 65.9 Å². The lowest BCUT2D eigenvalue weighted by molar-refractivity contribution is 0.669. The molecule has 5 heteroatoms. The molecule has 0 amide bonds. The first kappa shape index (κ1) is 28.6. The second-order valence-electron chi connectivity index (χ2n) is 12.4. The standard InChI is InChI=1S/C45H27N3OS/c1-3-11-28(12-4-1)30-15-9-16-31(25-30)34-18-10-19-37-38-26-32(22-24-41(38)50-42(34)37)44-46-43(29-13-5-2-6-14-29)47-45(48-44)33-21-23-36-35-17-7-8-20-39(35)49-40(36)27-33/h1-27H. The van der Waals surface area contributed by atoms with Crippen molar-refractivity contribution in [1.82, 2.24) is 15.0 Å². The Morgan fingerprint density at radius 2 is 0.960 bits per heavy atom. The van der Waals surface area contributed by atoms with E-state index in [1.54, 1.807) is 0 Å². The largest absolute Gasteiger partial charge is 0.456 e. The molecule has 0 saturated carbocycles. The van der Waals surface area contributed by atoms with Crippen molar-refractivity contribution in [1.29, 1.82) is 0 Å². The molecule has 0 saturated heterocycles. The number of hydrogen-bond acceptors (Lipinski definition) is 5. The normalized spacial score (nSPS) is 11.6. The minimum atomic E-state index is 0.604. The minimum absolute atomic E-state index is 0.604. The van der Waals surface area contributed by atoms with Gasteiger partial charge >= 0.3 is 0 Å². The lowest BCUT2D eigenvalue weighted by Crippen LogP contribution is -2.00. The molecule has 0 aliphatic heterocycles. The highest BCUT2D eigenvalue weighted by Crippen LogP contribution is 2.42. The summed E-state index contributed by atoms with van der Waals surface area (Å²) in [7, 11) is 0. The van der Waals surface area contributed by atoms with Gasteiger partial charge in [0.15, 0.2) is 17.5 Å². The molecule has 0 radical (unpaired) electrons. The summed E-state index contributed by atoms with van der Waals surface area (Å²) in [6.07, 6.45) is 0. The smallest absolute Gasteiger partial charge is 0.164 e. The van der Waals surface area contributed by atoms with Crippen LogP contribution in [0.5, 0.6) is 0 Å². The number of benzene rings is 7. The summed E-state index contributed by atoms with van der Waals surface area (Å²) >= 11 is 1.83. The van der Waals surface area contributed by atoms with Crippen molar-refractivity contribution in [3.05, 3.63) is 164 Å². The van der Waals surface area contributed by atoms with Crippen LogP contribution in [0.2, 0.25) is 0 Å². The number of hydrogen-bond donors (Lipinski definition) is 0. The molecule has 4 nitrogen and oxygen atoms in total. The average molecular weight is 658 g/mol. The fourth-order valence-corrected chi connectivity index (χ4v) is 8.10. The Bertz CT molecular complexity index is 2870. The average Bonchev–Trinajstić information content (AvgIpc) is 3.76. The molecule has 0 aliphatic rings. The Morgan fingerprint density at radius 1 is 0.360 bits per heavy atom. The third-order valence-electron chi connectivity index (χ3n) is 9.34. The van der Waals surface area contributed by atoms with Crippen LogP contribution in [0.25, 0.3) is 98.5 Å². The molecule has 234 valence electrons. The van der Waals surface area contributed by atoms with Crippen LogP contribution in [-0.4, -0.2) is 15.0 Å². The molecule has 0 aliphatic carbocycles. The molecule has 0 N–H and O–H groups in total. The third-order valence-corrected chi connectivity index (χ3v) is 10.6. The van der Waals surface area contributed by atoms with E-state index in [0.29, 0.717) is 17.5 Å². The van der Waals surface area contributed by atoms with Gasteiger partial charge in [0.2, 0.25) is 0 Å². The molecule has 10 aromatic rings. The summed E-state index contributed by atoms with van der Waals surface area (Å²) in [4.78, 5) is 15.1. The van der Waals surface area contributed by atoms with E-state index >= 15 is 0 Å². The van der Waals surface area contributed by atoms with Crippen molar-refractivity contribution in [2.75, 3.05) is 0 Å². The lowest BCUT2D eigenvalue weighted by Gasteiger charge is -2.09. The summed E-state index contributed by atoms with van der Waals surface area (Å²) in [5.74, 6) is 1.87. The number of fused-ring (bicyclic) bond motifs is 6. The van der Waals surface area contributed by atoms with E-state index in [2.05, 4.69) is 109 Å². The lowest BCUT2D eigenvalue weighted by atomic mass is 9.98. The topological polar surface area (TPSA) is 51.8 Å². The highest BCUT2D eigenvalue weighted by molar-refractivity contribution is 7.26. The van der Waals surface area contributed by atoms with Crippen molar-refractivity contribution in [3.8, 4) is 56.4 Å². The molecule has 50 heavy (non-hydrogen) atoms. The zero-order valence-electron chi connectivity index (χ0n) is 26.7. The van der Waals surface area contributed by atoms with Crippen LogP contribution in [0, 0.1) is 0 Å². The summed E-state index contributed by atoms with van der Waals surface area (Å²) in [5, 5.41) is 4.58. The van der Waals surface area contributed by atoms with Crippen LogP contribution in [0.3, 0.4) is 0 Å². The van der Waals surface area contributed by atoms with Crippen molar-refractivity contribution in [2.45, 2.75) is 0 Å². The summed E-state index contributed by atoms with van der Waals surface area (Å²) in [6.45, 7) is 0. The molecule has 0 fully saturated rings. The summed E-state index contributed by atoms with van der Waals surface area (Å²) in [6, 6.07) is 57.0. The van der Waals surface area contributed by atoms with Gasteiger partial charge in [0, 0.05) is 47.6 Å². The Kier molecular flexibility index (Phi) is 6.64. The van der Waals surface area contributed by atoms with Gasteiger partial charge in [-0.05, 0) is 64.7 Å². The number of thiophene rings is 1. The van der Waals surface area contributed by atoms with Gasteiger partial charge in [-0.1, -0.05) is 121 Å². The van der Waals surface area contributed by atoms with Crippen LogP contribution in [0.1, 0.15) is 0 Å². The van der Waals surface area contributed by atoms with Gasteiger partial charge in [-0.15, -0.1) is 11.3 Å². The zero-order valence-corrected chi connectivity index (χ0v) is 27.6.